The number of nitrogens with zero attached hydrogens (tertiary/aromatic N) is 2. The lowest BCUT2D eigenvalue weighted by Crippen LogP contribution is -2.19. The average Bonchev–Trinajstić information content (AvgIpc) is 2.59. The fraction of sp³-hybridized carbons (Fsp3) is 0.222. The number of aliphatic hydroxyl groups is 1. The Hall–Kier alpha value is -1.95. The van der Waals surface area contributed by atoms with E-state index in [-0.39, 0.29) is 6.61 Å². The number of hydrogen-bond acceptors (Lipinski definition) is 5. The average molecular weight is 207 g/mol. The Labute approximate surface area is 86.4 Å². The first kappa shape index (κ1) is 9.60. The highest BCUT2D eigenvalue weighted by molar-refractivity contribution is 5.88. The Morgan fingerprint density at radius 2 is 2.07 bits per heavy atom. The van der Waals surface area contributed by atoms with Crippen LogP contribution in [0.4, 0.5) is 11.4 Å². The van der Waals surface area contributed by atoms with E-state index >= 15 is 0 Å². The standard InChI is InChI=1S/C9H13N5O/c10-7-3-6-5-13-14(12-1-2-15)9(6)4-8(7)11/h3-5,12,15H,1-2,10-11H2. The molecule has 0 radical (unpaired) electrons. The summed E-state index contributed by atoms with van der Waals surface area (Å²) in [7, 11) is 0. The van der Waals surface area contributed by atoms with Crippen molar-refractivity contribution < 1.29 is 5.11 Å². The van der Waals surface area contributed by atoms with E-state index in [1.165, 1.54) is 0 Å². The molecule has 0 bridgehead atoms. The van der Waals surface area contributed by atoms with Gasteiger partial charge in [0.2, 0.25) is 0 Å². The predicted molar refractivity (Wildman–Crippen MR) is 59.9 cm³/mol. The predicted octanol–water partition coefficient (Wildman–Crippen LogP) is -0.264. The second kappa shape index (κ2) is 3.66. The van der Waals surface area contributed by atoms with Crippen LogP contribution < -0.4 is 16.9 Å². The van der Waals surface area contributed by atoms with Crippen LogP contribution in [0.15, 0.2) is 18.3 Å². The SMILES string of the molecule is Nc1cc2cnn(NCCO)c2cc1N. The number of anilines is 2. The fourth-order valence-electron chi connectivity index (χ4n) is 1.39. The molecular formula is C9H13N5O. The Balaban J connectivity index is 2.45. The normalized spacial score (nSPS) is 10.7. The van der Waals surface area contributed by atoms with Gasteiger partial charge in [0.1, 0.15) is 0 Å². The summed E-state index contributed by atoms with van der Waals surface area (Å²) < 4.78 is 0. The molecule has 6 N–H and O–H groups in total. The maximum absolute atomic E-state index is 8.69. The van der Waals surface area contributed by atoms with Gasteiger partial charge in [-0.25, -0.2) is 0 Å². The Kier molecular flexibility index (Phi) is 2.34. The molecule has 1 aromatic heterocycles. The Morgan fingerprint density at radius 3 is 2.80 bits per heavy atom. The van der Waals surface area contributed by atoms with Crippen LogP contribution in [-0.2, 0) is 0 Å². The van der Waals surface area contributed by atoms with Gasteiger partial charge in [-0.15, -0.1) is 0 Å². The van der Waals surface area contributed by atoms with Gasteiger partial charge in [0, 0.05) is 5.39 Å². The third-order valence-electron chi connectivity index (χ3n) is 2.15. The monoisotopic (exact) mass is 207 g/mol. The number of fused-ring (bicyclic) bond motifs is 1. The van der Waals surface area contributed by atoms with E-state index in [4.69, 9.17) is 16.6 Å². The molecule has 2 aromatic rings. The molecular weight excluding hydrogens is 194 g/mol. The van der Waals surface area contributed by atoms with Crippen molar-refractivity contribution in [1.82, 2.24) is 9.89 Å². The molecule has 0 unspecified atom stereocenters. The van der Waals surface area contributed by atoms with E-state index in [1.807, 2.05) is 0 Å². The molecule has 0 atom stereocenters. The van der Waals surface area contributed by atoms with Crippen molar-refractivity contribution in [3.63, 3.8) is 0 Å². The number of nitrogens with two attached hydrogens (primary N) is 2. The van der Waals surface area contributed by atoms with E-state index in [9.17, 15) is 0 Å². The van der Waals surface area contributed by atoms with Gasteiger partial charge in [0.05, 0.1) is 36.2 Å². The minimum atomic E-state index is 0.0474. The second-order valence-corrected chi connectivity index (χ2v) is 3.23. The topological polar surface area (TPSA) is 102 Å². The van der Waals surface area contributed by atoms with Crippen LogP contribution in [0.25, 0.3) is 10.9 Å². The van der Waals surface area contributed by atoms with Gasteiger partial charge in [-0.2, -0.15) is 9.89 Å². The molecule has 0 aliphatic heterocycles. The summed E-state index contributed by atoms with van der Waals surface area (Å²) in [6, 6.07) is 3.52. The third kappa shape index (κ3) is 1.66. The van der Waals surface area contributed by atoms with Crippen LogP contribution in [0.3, 0.4) is 0 Å². The van der Waals surface area contributed by atoms with Crippen LogP contribution >= 0.6 is 0 Å². The molecule has 0 aliphatic carbocycles. The van der Waals surface area contributed by atoms with Gasteiger partial charge in [-0.3, -0.25) is 0 Å². The number of aromatic nitrogens is 2. The van der Waals surface area contributed by atoms with Crippen LogP contribution in [0, 0.1) is 0 Å². The molecule has 0 saturated heterocycles. The molecule has 2 rings (SSSR count). The smallest absolute Gasteiger partial charge is 0.0940 e. The largest absolute Gasteiger partial charge is 0.397 e. The highest BCUT2D eigenvalue weighted by Gasteiger charge is 2.04. The first-order chi connectivity index (χ1) is 7.22. The lowest BCUT2D eigenvalue weighted by Gasteiger charge is -2.06. The highest BCUT2D eigenvalue weighted by Crippen LogP contribution is 2.22. The van der Waals surface area contributed by atoms with Gasteiger partial charge in [0.15, 0.2) is 0 Å². The van der Waals surface area contributed by atoms with E-state index in [0.717, 1.165) is 10.9 Å². The van der Waals surface area contributed by atoms with E-state index in [0.29, 0.717) is 17.9 Å². The number of benzene rings is 1. The molecule has 0 amide bonds. The minimum Gasteiger partial charge on any atom is -0.397 e. The quantitative estimate of drug-likeness (QED) is 0.519. The van der Waals surface area contributed by atoms with E-state index in [2.05, 4.69) is 10.5 Å². The molecule has 15 heavy (non-hydrogen) atoms. The van der Waals surface area contributed by atoms with E-state index < -0.39 is 0 Å². The second-order valence-electron chi connectivity index (χ2n) is 3.23. The number of nitrogen functional groups attached to an aromatic ring is 2. The van der Waals surface area contributed by atoms with Crippen molar-refractivity contribution in [3.05, 3.63) is 18.3 Å². The Morgan fingerprint density at radius 1 is 1.33 bits per heavy atom. The van der Waals surface area contributed by atoms with Crippen molar-refractivity contribution in [2.24, 2.45) is 0 Å². The van der Waals surface area contributed by atoms with Gasteiger partial charge >= 0.3 is 0 Å². The maximum Gasteiger partial charge on any atom is 0.0940 e. The summed E-state index contributed by atoms with van der Waals surface area (Å²) >= 11 is 0. The molecule has 80 valence electrons. The van der Waals surface area contributed by atoms with E-state index in [1.54, 1.807) is 23.1 Å². The molecule has 0 fully saturated rings. The fourth-order valence-corrected chi connectivity index (χ4v) is 1.39. The van der Waals surface area contributed by atoms with Crippen molar-refractivity contribution in [3.8, 4) is 0 Å². The number of nitrogens with one attached hydrogen (secondary N) is 1. The summed E-state index contributed by atoms with van der Waals surface area (Å²) in [6.07, 6.45) is 1.69. The van der Waals surface area contributed by atoms with Gasteiger partial charge in [0.25, 0.3) is 0 Å². The molecule has 0 saturated carbocycles. The van der Waals surface area contributed by atoms with Gasteiger partial charge in [-0.1, -0.05) is 0 Å². The lowest BCUT2D eigenvalue weighted by atomic mass is 10.2. The summed E-state index contributed by atoms with van der Waals surface area (Å²) in [5.74, 6) is 0. The zero-order valence-electron chi connectivity index (χ0n) is 8.14. The minimum absolute atomic E-state index is 0.0474. The number of rotatable bonds is 3. The van der Waals surface area contributed by atoms with Gasteiger partial charge < -0.3 is 22.0 Å². The third-order valence-corrected chi connectivity index (χ3v) is 2.15. The summed E-state index contributed by atoms with van der Waals surface area (Å²) in [5.41, 5.74) is 16.2. The zero-order valence-corrected chi connectivity index (χ0v) is 8.14. The molecule has 6 heteroatoms. The van der Waals surface area contributed by atoms with Crippen molar-refractivity contribution >= 4 is 22.3 Å². The first-order valence-corrected chi connectivity index (χ1v) is 4.60. The first-order valence-electron chi connectivity index (χ1n) is 4.60. The molecule has 6 nitrogen and oxygen atoms in total. The van der Waals surface area contributed by atoms with Crippen LogP contribution in [0.2, 0.25) is 0 Å². The zero-order chi connectivity index (χ0) is 10.8. The van der Waals surface area contributed by atoms with Crippen LogP contribution in [0.5, 0.6) is 0 Å². The number of aliphatic hydroxyl groups excluding tert-OH is 1. The summed E-state index contributed by atoms with van der Waals surface area (Å²) in [4.78, 5) is 1.57. The molecule has 0 aliphatic rings. The summed E-state index contributed by atoms with van der Waals surface area (Å²) in [5, 5.41) is 13.7. The van der Waals surface area contributed by atoms with Crippen LogP contribution in [0.1, 0.15) is 0 Å². The molecule has 0 spiro atoms. The summed E-state index contributed by atoms with van der Waals surface area (Å²) in [6.45, 7) is 0.479. The van der Waals surface area contributed by atoms with Crippen molar-refractivity contribution in [2.45, 2.75) is 0 Å². The Bertz CT molecular complexity index is 479. The highest BCUT2D eigenvalue weighted by atomic mass is 16.3. The molecule has 1 heterocycles. The van der Waals surface area contributed by atoms with Crippen molar-refractivity contribution in [1.29, 1.82) is 0 Å². The van der Waals surface area contributed by atoms with Crippen molar-refractivity contribution in [2.75, 3.05) is 30.0 Å². The lowest BCUT2D eigenvalue weighted by molar-refractivity contribution is 0.306. The molecule has 1 aromatic carbocycles. The van der Waals surface area contributed by atoms with Crippen LogP contribution in [-0.4, -0.2) is 28.1 Å². The maximum atomic E-state index is 8.69. The number of hydrogen-bond donors (Lipinski definition) is 4. The van der Waals surface area contributed by atoms with Gasteiger partial charge in [-0.05, 0) is 12.1 Å².